The highest BCUT2D eigenvalue weighted by Gasteiger charge is 2.27. The van der Waals surface area contributed by atoms with E-state index in [1.54, 1.807) is 0 Å². The molecule has 1 nitrogen and oxygen atoms in total. The number of hydrogen-bond donors (Lipinski definition) is 1. The molecule has 0 saturated heterocycles. The first-order chi connectivity index (χ1) is 9.15. The highest BCUT2D eigenvalue weighted by Crippen LogP contribution is 2.33. The summed E-state index contributed by atoms with van der Waals surface area (Å²) in [5, 5.41) is 3.57. The minimum absolute atomic E-state index is 0.417. The molecule has 0 amide bonds. The van der Waals surface area contributed by atoms with E-state index in [-0.39, 0.29) is 0 Å². The van der Waals surface area contributed by atoms with Crippen LogP contribution in [-0.4, -0.2) is 13.1 Å². The molecule has 1 unspecified atom stereocenters. The van der Waals surface area contributed by atoms with Crippen LogP contribution in [0.2, 0.25) is 0 Å². The molecule has 0 saturated carbocycles. The van der Waals surface area contributed by atoms with E-state index in [0.717, 1.165) is 13.1 Å². The fourth-order valence-electron chi connectivity index (χ4n) is 2.64. The number of rotatable bonds is 9. The van der Waals surface area contributed by atoms with Gasteiger partial charge in [-0.15, -0.1) is 0 Å². The van der Waals surface area contributed by atoms with Gasteiger partial charge >= 0.3 is 0 Å². The van der Waals surface area contributed by atoms with Gasteiger partial charge in [0.1, 0.15) is 0 Å². The van der Waals surface area contributed by atoms with Crippen molar-refractivity contribution in [2.45, 2.75) is 52.9 Å². The summed E-state index contributed by atoms with van der Waals surface area (Å²) in [4.78, 5) is 0. The zero-order chi connectivity index (χ0) is 14.1. The van der Waals surface area contributed by atoms with E-state index in [9.17, 15) is 0 Å². The second-order valence-corrected chi connectivity index (χ2v) is 6.46. The van der Waals surface area contributed by atoms with Gasteiger partial charge in [-0.1, -0.05) is 61.7 Å². The van der Waals surface area contributed by atoms with Crippen LogP contribution in [0.3, 0.4) is 0 Å². The zero-order valence-corrected chi connectivity index (χ0v) is 14.2. The first-order valence-corrected chi connectivity index (χ1v) is 8.40. The lowest BCUT2D eigenvalue weighted by atomic mass is 9.75. The van der Waals surface area contributed by atoms with Gasteiger partial charge in [-0.3, -0.25) is 0 Å². The van der Waals surface area contributed by atoms with Crippen molar-refractivity contribution >= 4 is 15.9 Å². The number of nitrogens with one attached hydrogen (secondary N) is 1. The maximum absolute atomic E-state index is 3.57. The molecule has 1 aromatic carbocycles. The van der Waals surface area contributed by atoms with Gasteiger partial charge in [0.15, 0.2) is 0 Å². The molecule has 0 bridgehead atoms. The summed E-state index contributed by atoms with van der Waals surface area (Å²) in [5.41, 5.74) is 1.87. The normalized spacial score (nSPS) is 14.3. The first-order valence-electron chi connectivity index (χ1n) is 7.61. The van der Waals surface area contributed by atoms with Gasteiger partial charge in [-0.2, -0.15) is 0 Å². The van der Waals surface area contributed by atoms with Gasteiger partial charge in [-0.25, -0.2) is 0 Å². The van der Waals surface area contributed by atoms with Crippen LogP contribution >= 0.6 is 15.9 Å². The Morgan fingerprint density at radius 3 is 2.32 bits per heavy atom. The van der Waals surface area contributed by atoms with Crippen molar-refractivity contribution < 1.29 is 0 Å². The Morgan fingerprint density at radius 1 is 1.11 bits per heavy atom. The summed E-state index contributed by atoms with van der Waals surface area (Å²) in [6.07, 6.45) is 6.37. The van der Waals surface area contributed by atoms with E-state index >= 15 is 0 Å². The molecule has 0 fully saturated rings. The minimum atomic E-state index is 0.417. The lowest BCUT2D eigenvalue weighted by Gasteiger charge is -2.33. The van der Waals surface area contributed by atoms with Gasteiger partial charge < -0.3 is 5.32 Å². The fraction of sp³-hybridized carbons (Fsp3) is 0.647. The molecule has 0 aliphatic heterocycles. The van der Waals surface area contributed by atoms with Crippen molar-refractivity contribution in [1.82, 2.24) is 5.32 Å². The monoisotopic (exact) mass is 325 g/mol. The van der Waals surface area contributed by atoms with Crippen LogP contribution in [0, 0.1) is 5.41 Å². The summed E-state index contributed by atoms with van der Waals surface area (Å²) in [5.74, 6) is 0. The molecule has 1 rings (SSSR count). The summed E-state index contributed by atoms with van der Waals surface area (Å²) >= 11 is 3.51. The Labute approximate surface area is 127 Å². The van der Waals surface area contributed by atoms with Crippen LogP contribution in [0.25, 0.3) is 0 Å². The van der Waals surface area contributed by atoms with Gasteiger partial charge in [-0.05, 0) is 48.9 Å². The Morgan fingerprint density at radius 2 is 1.79 bits per heavy atom. The van der Waals surface area contributed by atoms with Crippen molar-refractivity contribution in [2.75, 3.05) is 13.1 Å². The number of benzene rings is 1. The predicted octanol–water partition coefficient (Wildman–Crippen LogP) is 5.19. The number of unbranched alkanes of at least 4 members (excludes halogenated alkanes) is 1. The maximum Gasteiger partial charge on any atom is 0.0175 e. The Bertz CT molecular complexity index is 337. The fourth-order valence-corrected chi connectivity index (χ4v) is 2.91. The minimum Gasteiger partial charge on any atom is -0.316 e. The third-order valence-corrected chi connectivity index (χ3v) is 4.58. The summed E-state index contributed by atoms with van der Waals surface area (Å²) in [6.45, 7) is 9.02. The smallest absolute Gasteiger partial charge is 0.0175 e. The SMILES string of the molecule is CCCCC(CC)(CNCC)Cc1ccc(Br)cc1. The van der Waals surface area contributed by atoms with E-state index in [1.165, 1.54) is 42.1 Å². The second kappa shape index (κ2) is 8.76. The molecule has 1 aromatic rings. The zero-order valence-electron chi connectivity index (χ0n) is 12.6. The van der Waals surface area contributed by atoms with Crippen LogP contribution < -0.4 is 5.32 Å². The van der Waals surface area contributed by atoms with Crippen molar-refractivity contribution in [3.8, 4) is 0 Å². The molecule has 108 valence electrons. The van der Waals surface area contributed by atoms with E-state index in [1.807, 2.05) is 0 Å². The second-order valence-electron chi connectivity index (χ2n) is 5.54. The van der Waals surface area contributed by atoms with Gasteiger partial charge in [0.2, 0.25) is 0 Å². The third kappa shape index (κ3) is 5.66. The molecule has 2 heteroatoms. The summed E-state index contributed by atoms with van der Waals surface area (Å²) in [6, 6.07) is 8.82. The highest BCUT2D eigenvalue weighted by atomic mass is 79.9. The third-order valence-electron chi connectivity index (χ3n) is 4.05. The molecule has 0 aliphatic carbocycles. The van der Waals surface area contributed by atoms with Crippen LogP contribution in [0.4, 0.5) is 0 Å². The van der Waals surface area contributed by atoms with Crippen molar-refractivity contribution in [3.63, 3.8) is 0 Å². The Kier molecular flexibility index (Phi) is 7.70. The van der Waals surface area contributed by atoms with E-state index < -0.39 is 0 Å². The maximum atomic E-state index is 3.57. The average molecular weight is 326 g/mol. The molecule has 19 heavy (non-hydrogen) atoms. The first kappa shape index (κ1) is 16.7. The van der Waals surface area contributed by atoms with Crippen molar-refractivity contribution in [3.05, 3.63) is 34.3 Å². The standard InChI is InChI=1S/C17H28BrN/c1-4-7-12-17(5-2,14-19-6-3)13-15-8-10-16(18)11-9-15/h8-11,19H,4-7,12-14H2,1-3H3. The van der Waals surface area contributed by atoms with Crippen LogP contribution in [-0.2, 0) is 6.42 Å². The number of hydrogen-bond acceptors (Lipinski definition) is 1. The van der Waals surface area contributed by atoms with Crippen LogP contribution in [0.1, 0.15) is 52.0 Å². The van der Waals surface area contributed by atoms with Crippen LogP contribution in [0.5, 0.6) is 0 Å². The highest BCUT2D eigenvalue weighted by molar-refractivity contribution is 9.10. The molecule has 0 heterocycles. The average Bonchev–Trinajstić information content (AvgIpc) is 2.44. The lowest BCUT2D eigenvalue weighted by Crippen LogP contribution is -2.35. The molecule has 0 aromatic heterocycles. The lowest BCUT2D eigenvalue weighted by molar-refractivity contribution is 0.231. The Hall–Kier alpha value is -0.340. The number of halogens is 1. The van der Waals surface area contributed by atoms with E-state index in [2.05, 4.69) is 66.3 Å². The summed E-state index contributed by atoms with van der Waals surface area (Å²) in [7, 11) is 0. The molecule has 1 atom stereocenters. The molecule has 1 N–H and O–H groups in total. The van der Waals surface area contributed by atoms with Crippen molar-refractivity contribution in [2.24, 2.45) is 5.41 Å². The topological polar surface area (TPSA) is 12.0 Å². The molecule has 0 aliphatic rings. The van der Waals surface area contributed by atoms with Gasteiger partial charge in [0.25, 0.3) is 0 Å². The largest absolute Gasteiger partial charge is 0.316 e. The molecular formula is C17H28BrN. The predicted molar refractivity (Wildman–Crippen MR) is 88.6 cm³/mol. The van der Waals surface area contributed by atoms with Crippen molar-refractivity contribution in [1.29, 1.82) is 0 Å². The molecule has 0 spiro atoms. The van der Waals surface area contributed by atoms with E-state index in [4.69, 9.17) is 0 Å². The Balaban J connectivity index is 2.78. The van der Waals surface area contributed by atoms with E-state index in [0.29, 0.717) is 5.41 Å². The summed E-state index contributed by atoms with van der Waals surface area (Å²) < 4.78 is 1.17. The van der Waals surface area contributed by atoms with Gasteiger partial charge in [0, 0.05) is 11.0 Å². The quantitative estimate of drug-likeness (QED) is 0.659. The molecular weight excluding hydrogens is 298 g/mol. The van der Waals surface area contributed by atoms with Crippen LogP contribution in [0.15, 0.2) is 28.7 Å². The molecule has 0 radical (unpaired) electrons. The van der Waals surface area contributed by atoms with Gasteiger partial charge in [0.05, 0.1) is 0 Å².